The van der Waals surface area contributed by atoms with Crippen LogP contribution in [0.1, 0.15) is 33.6 Å². The number of benzene rings is 1. The lowest BCUT2D eigenvalue weighted by Crippen LogP contribution is -2.49. The molecule has 1 aliphatic rings. The molecule has 0 aromatic heterocycles. The monoisotopic (exact) mass is 372 g/mol. The van der Waals surface area contributed by atoms with Gasteiger partial charge in [0.15, 0.2) is 0 Å². The van der Waals surface area contributed by atoms with Crippen LogP contribution in [0.4, 0.5) is 4.39 Å². The van der Waals surface area contributed by atoms with Crippen molar-refractivity contribution in [2.75, 3.05) is 20.2 Å². The van der Waals surface area contributed by atoms with Crippen molar-refractivity contribution in [1.29, 1.82) is 0 Å². The van der Waals surface area contributed by atoms with Gasteiger partial charge in [0.25, 0.3) is 0 Å². The van der Waals surface area contributed by atoms with Crippen molar-refractivity contribution in [3.05, 3.63) is 24.0 Å². The third-order valence-corrected chi connectivity index (χ3v) is 5.88. The van der Waals surface area contributed by atoms with E-state index in [9.17, 15) is 17.6 Å². The highest BCUT2D eigenvalue weighted by Crippen LogP contribution is 2.30. The van der Waals surface area contributed by atoms with Gasteiger partial charge in [-0.05, 0) is 51.8 Å². The van der Waals surface area contributed by atoms with Crippen LogP contribution in [0.25, 0.3) is 0 Å². The normalized spacial score (nSPS) is 19.5. The van der Waals surface area contributed by atoms with Gasteiger partial charge in [0.2, 0.25) is 15.9 Å². The largest absolute Gasteiger partial charge is 0.495 e. The van der Waals surface area contributed by atoms with Crippen LogP contribution in [-0.4, -0.2) is 44.4 Å². The maximum absolute atomic E-state index is 13.6. The van der Waals surface area contributed by atoms with E-state index in [4.69, 9.17) is 4.74 Å². The molecular weight excluding hydrogens is 347 g/mol. The minimum Gasteiger partial charge on any atom is -0.495 e. The average molecular weight is 372 g/mol. The summed E-state index contributed by atoms with van der Waals surface area (Å²) in [5, 5.41) is 2.89. The van der Waals surface area contributed by atoms with Crippen molar-refractivity contribution >= 4 is 15.9 Å². The van der Waals surface area contributed by atoms with Crippen molar-refractivity contribution in [2.45, 2.75) is 44.0 Å². The number of carbonyl (C=O) groups excluding carboxylic acids is 1. The molecule has 1 aliphatic heterocycles. The number of hydrogen-bond acceptors (Lipinski definition) is 4. The molecule has 6 nitrogen and oxygen atoms in total. The molecule has 0 spiro atoms. The molecule has 25 heavy (non-hydrogen) atoms. The highest BCUT2D eigenvalue weighted by molar-refractivity contribution is 7.89. The van der Waals surface area contributed by atoms with Gasteiger partial charge in [0.1, 0.15) is 16.5 Å². The SMILES string of the molecule is COc1ccc(F)cc1S(=O)(=O)N1CCCC(C(=O)NC(C)(C)C)C1. The highest BCUT2D eigenvalue weighted by atomic mass is 32.2. The molecule has 2 rings (SSSR count). The molecule has 0 radical (unpaired) electrons. The molecule has 8 heteroatoms. The van der Waals surface area contributed by atoms with E-state index in [1.807, 2.05) is 20.8 Å². The Morgan fingerprint density at radius 2 is 2.04 bits per heavy atom. The standard InChI is InChI=1S/C17H25FN2O4S/c1-17(2,3)19-16(21)12-6-5-9-20(11-12)25(22,23)15-10-13(18)7-8-14(15)24-4/h7-8,10,12H,5-6,9,11H2,1-4H3,(H,19,21). The Bertz CT molecular complexity index is 744. The van der Waals surface area contributed by atoms with Crippen LogP contribution >= 0.6 is 0 Å². The highest BCUT2D eigenvalue weighted by Gasteiger charge is 2.35. The van der Waals surface area contributed by atoms with E-state index in [-0.39, 0.29) is 28.6 Å². The molecule has 0 saturated carbocycles. The second-order valence-corrected chi connectivity index (χ2v) is 9.14. The van der Waals surface area contributed by atoms with Crippen molar-refractivity contribution in [1.82, 2.24) is 9.62 Å². The molecule has 1 N–H and O–H groups in total. The first-order valence-electron chi connectivity index (χ1n) is 8.20. The van der Waals surface area contributed by atoms with Gasteiger partial charge >= 0.3 is 0 Å². The molecule has 1 aromatic carbocycles. The summed E-state index contributed by atoms with van der Waals surface area (Å²) in [6.45, 7) is 5.99. The Labute approximate surface area is 148 Å². The fraction of sp³-hybridized carbons (Fsp3) is 0.588. The number of amides is 1. The Kier molecular flexibility index (Phi) is 5.73. The smallest absolute Gasteiger partial charge is 0.246 e. The van der Waals surface area contributed by atoms with Crippen LogP contribution in [0.3, 0.4) is 0 Å². The van der Waals surface area contributed by atoms with E-state index in [1.54, 1.807) is 0 Å². The zero-order chi connectivity index (χ0) is 18.8. The lowest BCUT2D eigenvalue weighted by molar-refractivity contribution is -0.127. The van der Waals surface area contributed by atoms with Crippen molar-refractivity contribution in [3.8, 4) is 5.75 Å². The number of piperidine rings is 1. The predicted octanol–water partition coefficient (Wildman–Crippen LogP) is 2.15. The number of rotatable bonds is 4. The average Bonchev–Trinajstić information content (AvgIpc) is 2.53. The fourth-order valence-electron chi connectivity index (χ4n) is 2.84. The van der Waals surface area contributed by atoms with E-state index < -0.39 is 21.8 Å². The predicted molar refractivity (Wildman–Crippen MR) is 92.3 cm³/mol. The number of ether oxygens (including phenoxy) is 1. The lowest BCUT2D eigenvalue weighted by atomic mass is 9.97. The van der Waals surface area contributed by atoms with E-state index in [0.29, 0.717) is 19.4 Å². The summed E-state index contributed by atoms with van der Waals surface area (Å²) in [5.74, 6) is -1.16. The number of hydrogen-bond donors (Lipinski definition) is 1. The molecule has 1 fully saturated rings. The summed E-state index contributed by atoms with van der Waals surface area (Å²) in [6.07, 6.45) is 1.19. The number of halogens is 1. The second-order valence-electron chi connectivity index (χ2n) is 7.24. The molecule has 1 heterocycles. The molecule has 1 atom stereocenters. The quantitative estimate of drug-likeness (QED) is 0.879. The van der Waals surface area contributed by atoms with Gasteiger partial charge in [-0.1, -0.05) is 0 Å². The Morgan fingerprint density at radius 3 is 2.64 bits per heavy atom. The van der Waals surface area contributed by atoms with Crippen molar-refractivity contribution < 1.29 is 22.3 Å². The molecule has 0 aliphatic carbocycles. The van der Waals surface area contributed by atoms with Crippen LogP contribution in [0.2, 0.25) is 0 Å². The van der Waals surface area contributed by atoms with Crippen molar-refractivity contribution in [3.63, 3.8) is 0 Å². The molecule has 0 bridgehead atoms. The molecule has 1 saturated heterocycles. The Hall–Kier alpha value is -1.67. The van der Waals surface area contributed by atoms with Gasteiger partial charge < -0.3 is 10.1 Å². The first kappa shape index (κ1) is 19.7. The number of nitrogens with zero attached hydrogens (tertiary/aromatic N) is 1. The first-order valence-corrected chi connectivity index (χ1v) is 9.64. The number of carbonyl (C=O) groups is 1. The van der Waals surface area contributed by atoms with Gasteiger partial charge in [0, 0.05) is 18.6 Å². The molecule has 1 unspecified atom stereocenters. The zero-order valence-electron chi connectivity index (χ0n) is 15.0. The van der Waals surface area contributed by atoms with E-state index in [2.05, 4.69) is 5.32 Å². The van der Waals surface area contributed by atoms with Crippen LogP contribution in [0.5, 0.6) is 5.75 Å². The Balaban J connectivity index is 2.25. The van der Waals surface area contributed by atoms with Gasteiger partial charge in [-0.2, -0.15) is 4.31 Å². The fourth-order valence-corrected chi connectivity index (χ4v) is 4.53. The summed E-state index contributed by atoms with van der Waals surface area (Å²) >= 11 is 0. The first-order chi connectivity index (χ1) is 11.5. The van der Waals surface area contributed by atoms with E-state index in [0.717, 1.165) is 12.1 Å². The number of methoxy groups -OCH3 is 1. The molecular formula is C17H25FN2O4S. The maximum Gasteiger partial charge on any atom is 0.246 e. The summed E-state index contributed by atoms with van der Waals surface area (Å²) < 4.78 is 45.7. The maximum atomic E-state index is 13.6. The van der Waals surface area contributed by atoms with E-state index in [1.165, 1.54) is 17.5 Å². The van der Waals surface area contributed by atoms with E-state index >= 15 is 0 Å². The van der Waals surface area contributed by atoms with Crippen LogP contribution in [-0.2, 0) is 14.8 Å². The summed E-state index contributed by atoms with van der Waals surface area (Å²) in [6, 6.07) is 3.39. The van der Waals surface area contributed by atoms with Crippen LogP contribution in [0.15, 0.2) is 23.1 Å². The third-order valence-electron chi connectivity index (χ3n) is 4.00. The molecule has 140 valence electrons. The molecule has 1 amide bonds. The van der Waals surface area contributed by atoms with Crippen LogP contribution < -0.4 is 10.1 Å². The molecule has 1 aromatic rings. The topological polar surface area (TPSA) is 75.7 Å². The number of nitrogens with one attached hydrogen (secondary N) is 1. The number of sulfonamides is 1. The minimum atomic E-state index is -3.95. The Morgan fingerprint density at radius 1 is 1.36 bits per heavy atom. The lowest BCUT2D eigenvalue weighted by Gasteiger charge is -2.33. The summed E-state index contributed by atoms with van der Waals surface area (Å²) in [4.78, 5) is 12.2. The van der Waals surface area contributed by atoms with Gasteiger partial charge in [-0.25, -0.2) is 12.8 Å². The van der Waals surface area contributed by atoms with Gasteiger partial charge in [0.05, 0.1) is 13.0 Å². The van der Waals surface area contributed by atoms with Crippen LogP contribution in [0, 0.1) is 11.7 Å². The zero-order valence-corrected chi connectivity index (χ0v) is 15.8. The summed E-state index contributed by atoms with van der Waals surface area (Å²) in [5.41, 5.74) is -0.385. The van der Waals surface area contributed by atoms with Crippen molar-refractivity contribution in [2.24, 2.45) is 5.92 Å². The third kappa shape index (κ3) is 4.70. The summed E-state index contributed by atoms with van der Waals surface area (Å²) in [7, 11) is -2.61. The van der Waals surface area contributed by atoms with Gasteiger partial charge in [-0.15, -0.1) is 0 Å². The second kappa shape index (κ2) is 7.29. The van der Waals surface area contributed by atoms with Gasteiger partial charge in [-0.3, -0.25) is 4.79 Å². The minimum absolute atomic E-state index is 0.0733.